The first-order valence-electron chi connectivity index (χ1n) is 11.0. The second kappa shape index (κ2) is 10.5. The van der Waals surface area contributed by atoms with Crippen molar-refractivity contribution in [2.75, 3.05) is 25.6 Å². The van der Waals surface area contributed by atoms with E-state index in [1.54, 1.807) is 11.8 Å². The number of likely N-dealkylation sites (tertiary alicyclic amines) is 1. The van der Waals surface area contributed by atoms with E-state index in [0.717, 1.165) is 63.4 Å². The third kappa shape index (κ3) is 5.90. The molecule has 0 spiro atoms. The fourth-order valence-electron chi connectivity index (χ4n) is 4.39. The summed E-state index contributed by atoms with van der Waals surface area (Å²) in [5, 5.41) is 0. The Morgan fingerprint density at radius 2 is 2.04 bits per heavy atom. The Balaban J connectivity index is 1.46. The van der Waals surface area contributed by atoms with Crippen LogP contribution in [0.25, 0.3) is 0 Å². The molecule has 2 heterocycles. The van der Waals surface area contributed by atoms with Gasteiger partial charge in [-0.1, -0.05) is 24.2 Å². The van der Waals surface area contributed by atoms with Crippen molar-refractivity contribution in [3.8, 4) is 5.75 Å². The average Bonchev–Trinajstić information content (AvgIpc) is 3.03. The molecule has 0 aromatic heterocycles. The van der Waals surface area contributed by atoms with E-state index >= 15 is 0 Å². The van der Waals surface area contributed by atoms with Crippen LogP contribution in [0.4, 0.5) is 0 Å². The van der Waals surface area contributed by atoms with E-state index in [-0.39, 0.29) is 0 Å². The molecule has 1 unspecified atom stereocenters. The summed E-state index contributed by atoms with van der Waals surface area (Å²) in [4.78, 5) is 18.1. The summed E-state index contributed by atoms with van der Waals surface area (Å²) >= 11 is 1.79. The number of hydrogen-bond donors (Lipinski definition) is 0. The quantitative estimate of drug-likeness (QED) is 0.545. The molecular weight excluding hydrogens is 368 g/mol. The molecule has 1 amide bonds. The van der Waals surface area contributed by atoms with Crippen molar-refractivity contribution < 1.29 is 9.53 Å². The predicted octanol–water partition coefficient (Wildman–Crippen LogP) is 4.95. The second-order valence-corrected chi connectivity index (χ2v) is 9.44. The van der Waals surface area contributed by atoms with Gasteiger partial charge in [0.15, 0.2) is 0 Å². The van der Waals surface area contributed by atoms with Crippen LogP contribution in [0.2, 0.25) is 0 Å². The highest BCUT2D eigenvalue weighted by Crippen LogP contribution is 2.36. The lowest BCUT2D eigenvalue weighted by atomic mass is 10.0. The Bertz CT molecular complexity index is 649. The van der Waals surface area contributed by atoms with E-state index in [1.165, 1.54) is 23.3 Å². The van der Waals surface area contributed by atoms with E-state index in [4.69, 9.17) is 4.74 Å². The molecule has 1 fully saturated rings. The average molecular weight is 405 g/mol. The Morgan fingerprint density at radius 1 is 1.18 bits per heavy atom. The van der Waals surface area contributed by atoms with Crippen molar-refractivity contribution in [1.29, 1.82) is 0 Å². The topological polar surface area (TPSA) is 32.8 Å². The van der Waals surface area contributed by atoms with Gasteiger partial charge in [0.1, 0.15) is 11.7 Å². The van der Waals surface area contributed by atoms with Crippen LogP contribution in [0.1, 0.15) is 64.9 Å². The van der Waals surface area contributed by atoms with Crippen LogP contribution in [0.3, 0.4) is 0 Å². The van der Waals surface area contributed by atoms with Crippen LogP contribution >= 0.6 is 11.8 Å². The zero-order valence-electron chi connectivity index (χ0n) is 17.8. The molecule has 2 aliphatic rings. The molecule has 0 aliphatic carbocycles. The van der Waals surface area contributed by atoms with Gasteiger partial charge in [-0.15, -0.1) is 0 Å². The fraction of sp³-hybridized carbons (Fsp3) is 0.696. The molecule has 156 valence electrons. The van der Waals surface area contributed by atoms with Gasteiger partial charge >= 0.3 is 0 Å². The van der Waals surface area contributed by atoms with Gasteiger partial charge in [-0.3, -0.25) is 9.69 Å². The van der Waals surface area contributed by atoms with Crippen molar-refractivity contribution in [3.63, 3.8) is 0 Å². The maximum atomic E-state index is 12.1. The maximum Gasteiger partial charge on any atom is 0.222 e. The first-order valence-corrected chi connectivity index (χ1v) is 11.9. The number of rotatable bonds is 9. The molecule has 1 aromatic rings. The first kappa shape index (κ1) is 21.5. The van der Waals surface area contributed by atoms with E-state index in [1.807, 2.05) is 0 Å². The molecule has 0 N–H and O–H groups in total. The number of hydrogen-bond acceptors (Lipinski definition) is 4. The highest BCUT2D eigenvalue weighted by molar-refractivity contribution is 7.99. The van der Waals surface area contributed by atoms with Gasteiger partial charge < -0.3 is 9.64 Å². The number of amides is 1. The third-order valence-corrected chi connectivity index (χ3v) is 6.83. The lowest BCUT2D eigenvalue weighted by molar-refractivity contribution is -0.130. The van der Waals surface area contributed by atoms with Gasteiger partial charge in [0.05, 0.1) is 4.90 Å². The van der Waals surface area contributed by atoms with Crippen molar-refractivity contribution >= 4 is 17.7 Å². The fourth-order valence-corrected chi connectivity index (χ4v) is 5.20. The number of carbonyl (C=O) groups excluding carboxylic acids is 1. The van der Waals surface area contributed by atoms with Gasteiger partial charge in [-0.25, -0.2) is 0 Å². The van der Waals surface area contributed by atoms with Gasteiger partial charge in [0.25, 0.3) is 0 Å². The number of carbonyl (C=O) groups is 1. The summed E-state index contributed by atoms with van der Waals surface area (Å²) < 4.78 is 5.60. The minimum Gasteiger partial charge on any atom is -0.481 e. The van der Waals surface area contributed by atoms with Gasteiger partial charge in [-0.2, -0.15) is 0 Å². The molecule has 1 aromatic carbocycles. The number of benzene rings is 1. The number of thioether (sulfide) groups is 1. The van der Waals surface area contributed by atoms with Crippen LogP contribution in [0.5, 0.6) is 5.75 Å². The van der Waals surface area contributed by atoms with Gasteiger partial charge in [0.2, 0.25) is 5.91 Å². The molecular formula is C23H36N2O2S. The Hall–Kier alpha value is -1.20. The van der Waals surface area contributed by atoms with Crippen molar-refractivity contribution in [2.24, 2.45) is 0 Å². The largest absolute Gasteiger partial charge is 0.481 e. The summed E-state index contributed by atoms with van der Waals surface area (Å²) in [7, 11) is 0. The molecule has 5 heteroatoms. The molecule has 4 nitrogen and oxygen atoms in total. The molecule has 2 aliphatic heterocycles. The number of unbranched alkanes of at least 4 members (excludes halogenated alkanes) is 1. The maximum absolute atomic E-state index is 12.1. The predicted molar refractivity (Wildman–Crippen MR) is 117 cm³/mol. The Kier molecular flexibility index (Phi) is 8.10. The smallest absolute Gasteiger partial charge is 0.222 e. The molecule has 0 bridgehead atoms. The van der Waals surface area contributed by atoms with Crippen molar-refractivity contribution in [3.05, 3.63) is 23.8 Å². The SMILES string of the molecule is CC(C)N(CCCCN1CCCCCC1=O)C(C)Cc1ccc2c(c1)SCO2. The zero-order chi connectivity index (χ0) is 19.9. The standard InChI is InChI=1S/C23H36N2O2S/c1-18(2)25(14-8-7-13-24-12-6-4-5-9-23(24)26)19(3)15-20-10-11-21-22(16-20)28-17-27-21/h10-11,16,18-19H,4-9,12-15,17H2,1-3H3. The minimum absolute atomic E-state index is 0.366. The number of fused-ring (bicyclic) bond motifs is 1. The van der Waals surface area contributed by atoms with E-state index in [9.17, 15) is 4.79 Å². The number of ether oxygens (including phenoxy) is 1. The van der Waals surface area contributed by atoms with E-state index < -0.39 is 0 Å². The van der Waals surface area contributed by atoms with Gasteiger partial charge in [-0.05, 0) is 77.1 Å². The van der Waals surface area contributed by atoms with Crippen LogP contribution < -0.4 is 4.74 Å². The molecule has 0 saturated carbocycles. The lowest BCUT2D eigenvalue weighted by Gasteiger charge is -2.33. The minimum atomic E-state index is 0.366. The van der Waals surface area contributed by atoms with E-state index in [2.05, 4.69) is 48.8 Å². The summed E-state index contributed by atoms with van der Waals surface area (Å²) in [5.74, 6) is 2.14. The molecule has 3 rings (SSSR count). The first-order chi connectivity index (χ1) is 13.5. The molecule has 1 atom stereocenters. The summed E-state index contributed by atoms with van der Waals surface area (Å²) in [6, 6.07) is 7.67. The van der Waals surface area contributed by atoms with Gasteiger partial charge in [0, 0.05) is 31.6 Å². The lowest BCUT2D eigenvalue weighted by Crippen LogP contribution is -2.41. The van der Waals surface area contributed by atoms with Crippen LogP contribution in [-0.2, 0) is 11.2 Å². The highest BCUT2D eigenvalue weighted by Gasteiger charge is 2.20. The zero-order valence-corrected chi connectivity index (χ0v) is 18.6. The highest BCUT2D eigenvalue weighted by atomic mass is 32.2. The Morgan fingerprint density at radius 3 is 2.86 bits per heavy atom. The normalized spacial score (nSPS) is 18.3. The van der Waals surface area contributed by atoms with Crippen LogP contribution in [0, 0.1) is 0 Å². The Labute approximate surface area is 175 Å². The summed E-state index contributed by atoms with van der Waals surface area (Å²) in [5.41, 5.74) is 1.39. The molecule has 0 radical (unpaired) electrons. The van der Waals surface area contributed by atoms with Crippen molar-refractivity contribution in [2.45, 2.75) is 82.7 Å². The summed E-state index contributed by atoms with van der Waals surface area (Å²) in [6.45, 7) is 9.92. The van der Waals surface area contributed by atoms with E-state index in [0.29, 0.717) is 18.0 Å². The van der Waals surface area contributed by atoms with Crippen LogP contribution in [0.15, 0.2) is 23.1 Å². The monoisotopic (exact) mass is 404 g/mol. The second-order valence-electron chi connectivity index (χ2n) is 8.47. The number of nitrogens with zero attached hydrogens (tertiary/aromatic N) is 2. The summed E-state index contributed by atoms with van der Waals surface area (Å²) in [6.07, 6.45) is 7.52. The van der Waals surface area contributed by atoms with Crippen molar-refractivity contribution in [1.82, 2.24) is 9.80 Å². The molecule has 28 heavy (non-hydrogen) atoms. The molecule has 1 saturated heterocycles. The van der Waals surface area contributed by atoms with Crippen LogP contribution in [-0.4, -0.2) is 53.4 Å². The third-order valence-electron chi connectivity index (χ3n) is 5.96.